The van der Waals surface area contributed by atoms with Gasteiger partial charge in [-0.2, -0.15) is 5.21 Å². The van der Waals surface area contributed by atoms with Crippen molar-refractivity contribution in [1.29, 1.82) is 0 Å². The Labute approximate surface area is 217 Å². The van der Waals surface area contributed by atoms with Gasteiger partial charge in [-0.1, -0.05) is 67.8 Å². The smallest absolute Gasteiger partial charge is 0.315 e. The van der Waals surface area contributed by atoms with Gasteiger partial charge in [0.05, 0.1) is 5.92 Å². The number of carbonyl (C=O) groups is 1. The Hall–Kier alpha value is -4.67. The van der Waals surface area contributed by atoms with Crippen LogP contribution in [0.25, 0.3) is 33.5 Å². The summed E-state index contributed by atoms with van der Waals surface area (Å²) in [6, 6.07) is 15.9. The summed E-state index contributed by atoms with van der Waals surface area (Å²) < 4.78 is 7.45. The second-order valence-corrected chi connectivity index (χ2v) is 9.53. The number of hydrogen-bond acceptors (Lipinski definition) is 8. The Bertz CT molecular complexity index is 1650. The van der Waals surface area contributed by atoms with E-state index in [9.17, 15) is 9.59 Å². The molecular weight excluding hydrogens is 484 g/mol. The zero-order valence-electron chi connectivity index (χ0n) is 20.8. The molecule has 0 unspecified atom stereocenters. The molecule has 5 aromatic rings. The van der Waals surface area contributed by atoms with Gasteiger partial charge in [0.25, 0.3) is 11.4 Å². The number of carbonyl (C=O) groups excluding carboxylic acids is 1. The molecule has 0 spiro atoms. The highest BCUT2D eigenvalue weighted by atomic mass is 16.5. The molecule has 0 aliphatic heterocycles. The fraction of sp³-hybridized carbons (Fsp3) is 0.296. The fourth-order valence-corrected chi connectivity index (χ4v) is 5.11. The van der Waals surface area contributed by atoms with E-state index in [1.165, 1.54) is 0 Å². The summed E-state index contributed by atoms with van der Waals surface area (Å²) >= 11 is 0. The lowest BCUT2D eigenvalue weighted by molar-refractivity contribution is -0.140. The topological polar surface area (TPSA) is 144 Å². The van der Waals surface area contributed by atoms with Gasteiger partial charge in [-0.25, -0.2) is 10.1 Å². The lowest BCUT2D eigenvalue weighted by atomic mass is 9.89. The number of H-pyrrole nitrogens is 2. The first-order chi connectivity index (χ1) is 18.6. The van der Waals surface area contributed by atoms with Crippen molar-refractivity contribution in [2.24, 2.45) is 5.92 Å². The standard InChI is InChI=1S/C27H26N8O3/c1-16-28-22-23(25(36)31-32-26(22)38-27(37)19-7-3-2-4-8-19)35(16)15-17-11-13-18(14-12-17)20-9-5-6-10-21(20)24-29-33-34-30-24/h5-6,9-14,19H,2-4,7-8,15H2,1H3,(H,31,36)(H,29,30,33,34). The van der Waals surface area contributed by atoms with E-state index in [1.807, 2.05) is 60.0 Å². The van der Waals surface area contributed by atoms with Gasteiger partial charge < -0.3 is 9.30 Å². The molecule has 1 fully saturated rings. The molecule has 1 aliphatic carbocycles. The lowest BCUT2D eigenvalue weighted by Crippen LogP contribution is -2.24. The second-order valence-electron chi connectivity index (χ2n) is 9.53. The SMILES string of the molecule is Cc1nc2c(OC(=O)C3CCCCC3)n[nH]c(=O)c2n1Cc1ccc(-c2ccccc2-c2nn[nH]n2)cc1. The van der Waals surface area contributed by atoms with Crippen molar-refractivity contribution in [3.8, 4) is 28.4 Å². The summed E-state index contributed by atoms with van der Waals surface area (Å²) in [5.74, 6) is 0.748. The molecule has 0 atom stereocenters. The van der Waals surface area contributed by atoms with Crippen molar-refractivity contribution in [3.05, 3.63) is 70.3 Å². The van der Waals surface area contributed by atoms with Gasteiger partial charge >= 0.3 is 5.97 Å². The molecule has 0 bridgehead atoms. The molecule has 0 amide bonds. The highest BCUT2D eigenvalue weighted by Gasteiger charge is 2.26. The van der Waals surface area contributed by atoms with E-state index in [-0.39, 0.29) is 23.3 Å². The fourth-order valence-electron chi connectivity index (χ4n) is 5.11. The van der Waals surface area contributed by atoms with Crippen LogP contribution in [0.3, 0.4) is 0 Å². The molecule has 3 aromatic heterocycles. The van der Waals surface area contributed by atoms with Gasteiger partial charge in [-0.15, -0.1) is 15.3 Å². The van der Waals surface area contributed by atoms with Crippen LogP contribution in [-0.4, -0.2) is 46.3 Å². The van der Waals surface area contributed by atoms with Gasteiger partial charge in [0.2, 0.25) is 5.82 Å². The summed E-state index contributed by atoms with van der Waals surface area (Å²) in [6.45, 7) is 2.24. The Morgan fingerprint density at radius 3 is 2.53 bits per heavy atom. The number of aryl methyl sites for hydroxylation is 1. The number of rotatable bonds is 6. The number of tetrazole rings is 1. The number of fused-ring (bicyclic) bond motifs is 1. The minimum absolute atomic E-state index is 0.0467. The monoisotopic (exact) mass is 510 g/mol. The maximum absolute atomic E-state index is 12.8. The molecule has 1 saturated carbocycles. The molecule has 192 valence electrons. The third-order valence-electron chi connectivity index (χ3n) is 7.09. The van der Waals surface area contributed by atoms with Crippen LogP contribution < -0.4 is 10.3 Å². The first-order valence-corrected chi connectivity index (χ1v) is 12.7. The number of nitrogens with one attached hydrogen (secondary N) is 2. The van der Waals surface area contributed by atoms with Crippen molar-refractivity contribution < 1.29 is 9.53 Å². The number of benzene rings is 2. The van der Waals surface area contributed by atoms with E-state index < -0.39 is 0 Å². The molecule has 11 heteroatoms. The van der Waals surface area contributed by atoms with Crippen LogP contribution in [0.15, 0.2) is 53.3 Å². The number of aromatic nitrogens is 8. The Kier molecular flexibility index (Phi) is 6.24. The first kappa shape index (κ1) is 23.7. The normalized spacial score (nSPS) is 14.1. The van der Waals surface area contributed by atoms with Crippen molar-refractivity contribution in [2.75, 3.05) is 0 Å². The number of aromatic amines is 2. The highest BCUT2D eigenvalue weighted by molar-refractivity contribution is 5.84. The second kappa shape index (κ2) is 10.0. The molecule has 2 aromatic carbocycles. The Balaban J connectivity index is 1.28. The number of imidazole rings is 1. The maximum Gasteiger partial charge on any atom is 0.315 e. The molecule has 38 heavy (non-hydrogen) atoms. The van der Waals surface area contributed by atoms with Gasteiger partial charge in [-0.05, 0) is 41.7 Å². The van der Waals surface area contributed by atoms with Crippen LogP contribution in [0.4, 0.5) is 0 Å². The molecule has 1 aliphatic rings. The number of nitrogens with zero attached hydrogens (tertiary/aromatic N) is 6. The predicted octanol–water partition coefficient (Wildman–Crippen LogP) is 3.81. The summed E-state index contributed by atoms with van der Waals surface area (Å²) in [6.07, 6.45) is 4.80. The van der Waals surface area contributed by atoms with Crippen molar-refractivity contribution in [3.63, 3.8) is 0 Å². The van der Waals surface area contributed by atoms with Gasteiger partial charge in [0.15, 0.2) is 5.52 Å². The van der Waals surface area contributed by atoms with Crippen LogP contribution >= 0.6 is 0 Å². The average Bonchev–Trinajstić information content (AvgIpc) is 3.60. The lowest BCUT2D eigenvalue weighted by Gasteiger charge is -2.19. The summed E-state index contributed by atoms with van der Waals surface area (Å²) in [5, 5.41) is 20.9. The van der Waals surface area contributed by atoms with Gasteiger partial charge in [0, 0.05) is 12.1 Å². The number of esters is 1. The molecule has 0 saturated heterocycles. The molecule has 6 rings (SSSR count). The summed E-state index contributed by atoms with van der Waals surface area (Å²) in [4.78, 5) is 30.1. The van der Waals surface area contributed by atoms with E-state index in [2.05, 4.69) is 35.8 Å². The highest BCUT2D eigenvalue weighted by Crippen LogP contribution is 2.31. The quantitative estimate of drug-likeness (QED) is 0.328. The van der Waals surface area contributed by atoms with Crippen LogP contribution in [0.1, 0.15) is 43.5 Å². The van der Waals surface area contributed by atoms with Crippen molar-refractivity contribution >= 4 is 17.0 Å². The van der Waals surface area contributed by atoms with Crippen molar-refractivity contribution in [1.82, 2.24) is 40.4 Å². The van der Waals surface area contributed by atoms with Crippen LogP contribution in [0.5, 0.6) is 5.88 Å². The zero-order valence-corrected chi connectivity index (χ0v) is 20.8. The first-order valence-electron chi connectivity index (χ1n) is 12.7. The van der Waals surface area contributed by atoms with E-state index in [0.29, 0.717) is 29.2 Å². The minimum Gasteiger partial charge on any atom is -0.403 e. The molecule has 0 radical (unpaired) electrons. The minimum atomic E-state index is -0.385. The van der Waals surface area contributed by atoms with Gasteiger partial charge in [0.1, 0.15) is 11.3 Å². The van der Waals surface area contributed by atoms with E-state index in [0.717, 1.165) is 54.4 Å². The Morgan fingerprint density at radius 1 is 1.03 bits per heavy atom. The van der Waals surface area contributed by atoms with Crippen LogP contribution in [0.2, 0.25) is 0 Å². The zero-order chi connectivity index (χ0) is 26.1. The van der Waals surface area contributed by atoms with E-state index in [1.54, 1.807) is 0 Å². The predicted molar refractivity (Wildman–Crippen MR) is 139 cm³/mol. The average molecular weight is 511 g/mol. The summed E-state index contributed by atoms with van der Waals surface area (Å²) in [7, 11) is 0. The van der Waals surface area contributed by atoms with Crippen LogP contribution in [-0.2, 0) is 11.3 Å². The number of hydrogen-bond donors (Lipinski definition) is 2. The molecule has 3 heterocycles. The molecule has 11 nitrogen and oxygen atoms in total. The van der Waals surface area contributed by atoms with Crippen molar-refractivity contribution in [2.45, 2.75) is 45.6 Å². The van der Waals surface area contributed by atoms with E-state index >= 15 is 0 Å². The maximum atomic E-state index is 12.8. The molecule has 2 N–H and O–H groups in total. The van der Waals surface area contributed by atoms with E-state index in [4.69, 9.17) is 4.74 Å². The number of ether oxygens (including phenoxy) is 1. The largest absolute Gasteiger partial charge is 0.403 e. The third kappa shape index (κ3) is 4.47. The Morgan fingerprint density at radius 2 is 1.79 bits per heavy atom. The molecular formula is C27H26N8O3. The summed E-state index contributed by atoms with van der Waals surface area (Å²) in [5.41, 5.74) is 4.07. The van der Waals surface area contributed by atoms with Crippen LogP contribution in [0, 0.1) is 12.8 Å². The van der Waals surface area contributed by atoms with Gasteiger partial charge in [-0.3, -0.25) is 9.59 Å². The third-order valence-corrected chi connectivity index (χ3v) is 7.09.